The van der Waals surface area contributed by atoms with Gasteiger partial charge in [-0.3, -0.25) is 4.99 Å². The highest BCUT2D eigenvalue weighted by molar-refractivity contribution is 6.02. The Morgan fingerprint density at radius 1 is 1.23 bits per heavy atom. The summed E-state index contributed by atoms with van der Waals surface area (Å²) in [6.07, 6.45) is 5.21. The third kappa shape index (κ3) is 3.26. The van der Waals surface area contributed by atoms with Gasteiger partial charge in [0.15, 0.2) is 11.6 Å². The zero-order chi connectivity index (χ0) is 16.4. The first kappa shape index (κ1) is 16.4. The van der Waals surface area contributed by atoms with Gasteiger partial charge < -0.3 is 4.90 Å². The van der Waals surface area contributed by atoms with Crippen LogP contribution in [-0.4, -0.2) is 23.7 Å². The van der Waals surface area contributed by atoms with Crippen LogP contribution in [0.15, 0.2) is 40.5 Å². The van der Waals surface area contributed by atoms with E-state index in [4.69, 9.17) is 0 Å². The van der Waals surface area contributed by atoms with Crippen molar-refractivity contribution in [1.82, 2.24) is 4.90 Å². The lowest BCUT2D eigenvalue weighted by Gasteiger charge is -2.31. The van der Waals surface area contributed by atoms with Gasteiger partial charge in [0, 0.05) is 36.6 Å². The average molecular weight is 304 g/mol. The highest BCUT2D eigenvalue weighted by atomic mass is 19.2. The van der Waals surface area contributed by atoms with Crippen LogP contribution in [0, 0.1) is 18.6 Å². The Hall–Kier alpha value is -1.97. The second kappa shape index (κ2) is 6.42. The largest absolute Gasteiger partial charge is 0.373 e. The predicted octanol–water partition coefficient (Wildman–Crippen LogP) is 4.92. The van der Waals surface area contributed by atoms with Crippen molar-refractivity contribution < 1.29 is 8.78 Å². The Labute approximate surface area is 130 Å². The fourth-order valence-corrected chi connectivity index (χ4v) is 2.82. The normalized spacial score (nSPS) is 19.1. The number of aryl methyl sites for hydroxylation is 1. The van der Waals surface area contributed by atoms with Gasteiger partial charge in [-0.25, -0.2) is 8.78 Å². The summed E-state index contributed by atoms with van der Waals surface area (Å²) in [6.45, 7) is 7.87. The van der Waals surface area contributed by atoms with Crippen LogP contribution >= 0.6 is 0 Å². The molecule has 0 spiro atoms. The van der Waals surface area contributed by atoms with E-state index in [1.54, 1.807) is 6.92 Å². The summed E-state index contributed by atoms with van der Waals surface area (Å²) in [5, 5.41) is 0. The molecule has 1 aliphatic rings. The van der Waals surface area contributed by atoms with Crippen LogP contribution in [0.25, 0.3) is 0 Å². The second-order valence-electron chi connectivity index (χ2n) is 5.81. The molecule has 1 aliphatic heterocycles. The number of nitrogens with zero attached hydrogens (tertiary/aromatic N) is 2. The van der Waals surface area contributed by atoms with Crippen molar-refractivity contribution in [3.8, 4) is 0 Å². The maximum atomic E-state index is 13.4. The summed E-state index contributed by atoms with van der Waals surface area (Å²) in [4.78, 5) is 6.64. The Kier molecular flexibility index (Phi) is 4.79. The molecule has 0 fully saturated rings. The number of halogens is 2. The first-order valence-corrected chi connectivity index (χ1v) is 7.46. The van der Waals surface area contributed by atoms with Crippen molar-refractivity contribution >= 4 is 11.4 Å². The number of rotatable bonds is 3. The highest BCUT2D eigenvalue weighted by Crippen LogP contribution is 2.26. The molecule has 0 N–H and O–H groups in total. The standard InChI is InChI=1S/C18H22F2N2/c1-6-18-12(3)7-14(10-22(18)5)13(4)21-17-9-16(20)15(19)8-11(17)2/h7-10,18H,6H2,1-5H3/b21-13+. The Morgan fingerprint density at radius 3 is 2.45 bits per heavy atom. The van der Waals surface area contributed by atoms with E-state index in [1.165, 1.54) is 11.6 Å². The SMILES string of the molecule is CCC1C(C)=CC(/C(C)=N/c2cc(F)c(F)cc2C)=CN1C. The quantitative estimate of drug-likeness (QED) is 0.724. The monoisotopic (exact) mass is 304 g/mol. The molecule has 0 aromatic heterocycles. The molecule has 1 unspecified atom stereocenters. The van der Waals surface area contributed by atoms with Gasteiger partial charge in [0.2, 0.25) is 0 Å². The molecular formula is C18H22F2N2. The minimum absolute atomic E-state index is 0.404. The number of hydrogen-bond donors (Lipinski definition) is 0. The van der Waals surface area contributed by atoms with Crippen LogP contribution in [-0.2, 0) is 0 Å². The van der Waals surface area contributed by atoms with Crippen molar-refractivity contribution in [3.63, 3.8) is 0 Å². The Morgan fingerprint density at radius 2 is 1.86 bits per heavy atom. The molecule has 0 amide bonds. The van der Waals surface area contributed by atoms with Gasteiger partial charge >= 0.3 is 0 Å². The second-order valence-corrected chi connectivity index (χ2v) is 5.81. The van der Waals surface area contributed by atoms with Crippen LogP contribution in [0.4, 0.5) is 14.5 Å². The topological polar surface area (TPSA) is 15.6 Å². The van der Waals surface area contributed by atoms with Crippen molar-refractivity contribution in [2.45, 2.75) is 40.2 Å². The number of likely N-dealkylation sites (N-methyl/N-ethyl adjacent to an activating group) is 1. The summed E-state index contributed by atoms with van der Waals surface area (Å²) in [5.41, 5.74) is 4.14. The summed E-state index contributed by atoms with van der Waals surface area (Å²) in [7, 11) is 2.04. The summed E-state index contributed by atoms with van der Waals surface area (Å²) < 4.78 is 26.6. The predicted molar refractivity (Wildman–Crippen MR) is 87.5 cm³/mol. The molecule has 1 heterocycles. The van der Waals surface area contributed by atoms with Crippen LogP contribution in [0.2, 0.25) is 0 Å². The van der Waals surface area contributed by atoms with E-state index < -0.39 is 11.6 Å². The molecule has 0 bridgehead atoms. The Bertz CT molecular complexity index is 672. The molecule has 0 saturated carbocycles. The average Bonchev–Trinajstić information content (AvgIpc) is 2.44. The molecule has 0 aliphatic carbocycles. The molecule has 1 aromatic carbocycles. The molecule has 2 nitrogen and oxygen atoms in total. The first-order chi connectivity index (χ1) is 10.3. The highest BCUT2D eigenvalue weighted by Gasteiger charge is 2.18. The van der Waals surface area contributed by atoms with Crippen LogP contribution in [0.5, 0.6) is 0 Å². The zero-order valence-electron chi connectivity index (χ0n) is 13.7. The van der Waals surface area contributed by atoms with Crippen molar-refractivity contribution in [2.75, 3.05) is 7.05 Å². The van der Waals surface area contributed by atoms with Gasteiger partial charge in [0.1, 0.15) is 0 Å². The summed E-state index contributed by atoms with van der Waals surface area (Å²) in [6, 6.07) is 2.73. The number of allylic oxidation sites excluding steroid dienone is 2. The van der Waals surface area contributed by atoms with Gasteiger partial charge in [0.05, 0.1) is 5.69 Å². The van der Waals surface area contributed by atoms with Crippen molar-refractivity contribution in [3.05, 3.63) is 52.8 Å². The lowest BCUT2D eigenvalue weighted by Crippen LogP contribution is -2.31. The maximum Gasteiger partial charge on any atom is 0.160 e. The number of benzene rings is 1. The van der Waals surface area contributed by atoms with Gasteiger partial charge in [-0.15, -0.1) is 0 Å². The van der Waals surface area contributed by atoms with Crippen molar-refractivity contribution in [2.24, 2.45) is 4.99 Å². The third-order valence-electron chi connectivity index (χ3n) is 4.07. The van der Waals surface area contributed by atoms with E-state index in [-0.39, 0.29) is 0 Å². The molecule has 2 rings (SSSR count). The molecule has 1 atom stereocenters. The summed E-state index contributed by atoms with van der Waals surface area (Å²) >= 11 is 0. The number of aliphatic imine (C=N–C) groups is 1. The van der Waals surface area contributed by atoms with Crippen LogP contribution in [0.3, 0.4) is 0 Å². The molecule has 0 saturated heterocycles. The van der Waals surface area contributed by atoms with E-state index >= 15 is 0 Å². The van der Waals surface area contributed by atoms with Crippen molar-refractivity contribution in [1.29, 1.82) is 0 Å². The summed E-state index contributed by atoms with van der Waals surface area (Å²) in [5.74, 6) is -1.71. The molecule has 0 radical (unpaired) electrons. The third-order valence-corrected chi connectivity index (χ3v) is 4.07. The lowest BCUT2D eigenvalue weighted by molar-refractivity contribution is 0.354. The van der Waals surface area contributed by atoms with E-state index in [9.17, 15) is 8.78 Å². The molecule has 1 aromatic rings. The fraction of sp³-hybridized carbons (Fsp3) is 0.389. The lowest BCUT2D eigenvalue weighted by atomic mass is 9.97. The van der Waals surface area contributed by atoms with Gasteiger partial charge in [0.25, 0.3) is 0 Å². The molecule has 118 valence electrons. The number of hydrogen-bond acceptors (Lipinski definition) is 2. The maximum absolute atomic E-state index is 13.4. The Balaban J connectivity index is 2.36. The first-order valence-electron chi connectivity index (χ1n) is 7.46. The molecular weight excluding hydrogens is 282 g/mol. The van der Waals surface area contributed by atoms with E-state index in [0.717, 1.165) is 23.8 Å². The van der Waals surface area contributed by atoms with Gasteiger partial charge in [-0.1, -0.05) is 18.6 Å². The zero-order valence-corrected chi connectivity index (χ0v) is 13.7. The fourth-order valence-electron chi connectivity index (χ4n) is 2.82. The van der Waals surface area contributed by atoms with Gasteiger partial charge in [-0.2, -0.15) is 0 Å². The smallest absolute Gasteiger partial charge is 0.160 e. The van der Waals surface area contributed by atoms with Crippen LogP contribution in [0.1, 0.15) is 32.8 Å². The molecule has 22 heavy (non-hydrogen) atoms. The van der Waals surface area contributed by atoms with E-state index in [1.807, 2.05) is 14.0 Å². The minimum Gasteiger partial charge on any atom is -0.373 e. The van der Waals surface area contributed by atoms with E-state index in [0.29, 0.717) is 17.3 Å². The minimum atomic E-state index is -0.871. The van der Waals surface area contributed by atoms with Crippen LogP contribution < -0.4 is 0 Å². The van der Waals surface area contributed by atoms with E-state index in [2.05, 4.69) is 36.0 Å². The van der Waals surface area contributed by atoms with Gasteiger partial charge in [-0.05, 0) is 38.8 Å². The molecule has 4 heteroatoms.